The lowest BCUT2D eigenvalue weighted by Crippen LogP contribution is -3.15. The third kappa shape index (κ3) is 3.41. The summed E-state index contributed by atoms with van der Waals surface area (Å²) in [6.07, 6.45) is 3.38. The average molecular weight is 385 g/mol. The molecule has 29 heavy (non-hydrogen) atoms. The van der Waals surface area contributed by atoms with Crippen LogP contribution < -0.4 is 4.90 Å². The Kier molecular flexibility index (Phi) is 4.99. The summed E-state index contributed by atoms with van der Waals surface area (Å²) in [5, 5.41) is 12.2. The first-order valence-electron chi connectivity index (χ1n) is 11.0. The second kappa shape index (κ2) is 7.78. The normalized spacial score (nSPS) is 26.8. The Morgan fingerprint density at radius 2 is 1.28 bits per heavy atom. The average Bonchev–Trinajstić information content (AvgIpc) is 3.24. The zero-order valence-corrected chi connectivity index (χ0v) is 16.9. The van der Waals surface area contributed by atoms with Crippen molar-refractivity contribution >= 4 is 0 Å². The summed E-state index contributed by atoms with van der Waals surface area (Å²) < 4.78 is 0. The van der Waals surface area contributed by atoms with E-state index >= 15 is 0 Å². The Morgan fingerprint density at radius 1 is 0.724 bits per heavy atom. The van der Waals surface area contributed by atoms with Gasteiger partial charge >= 0.3 is 0 Å². The van der Waals surface area contributed by atoms with E-state index in [2.05, 4.69) is 54.6 Å². The molecule has 2 heteroatoms. The van der Waals surface area contributed by atoms with Crippen molar-refractivity contribution < 1.29 is 10.0 Å². The maximum absolute atomic E-state index is 12.2. The van der Waals surface area contributed by atoms with E-state index in [4.69, 9.17) is 0 Å². The van der Waals surface area contributed by atoms with Gasteiger partial charge in [-0.3, -0.25) is 0 Å². The molecule has 5 rings (SSSR count). The van der Waals surface area contributed by atoms with Crippen molar-refractivity contribution in [1.29, 1.82) is 0 Å². The minimum atomic E-state index is -0.918. The lowest BCUT2D eigenvalue weighted by molar-refractivity contribution is -0.919. The molecule has 2 nitrogen and oxygen atoms in total. The van der Waals surface area contributed by atoms with Crippen LogP contribution in [0.2, 0.25) is 0 Å². The number of quaternary nitrogens is 1. The molecule has 2 saturated heterocycles. The van der Waals surface area contributed by atoms with Crippen LogP contribution in [0, 0.1) is 5.92 Å². The Balaban J connectivity index is 1.44. The van der Waals surface area contributed by atoms with Gasteiger partial charge in [0.2, 0.25) is 0 Å². The van der Waals surface area contributed by atoms with Crippen molar-refractivity contribution in [3.63, 3.8) is 0 Å². The Hall–Kier alpha value is -2.42. The number of nitrogens with one attached hydrogen (secondary N) is 1. The van der Waals surface area contributed by atoms with Gasteiger partial charge in [0.05, 0.1) is 19.1 Å². The van der Waals surface area contributed by atoms with Crippen molar-refractivity contribution in [2.24, 2.45) is 5.92 Å². The van der Waals surface area contributed by atoms with Crippen LogP contribution in [0.5, 0.6) is 0 Å². The lowest BCUT2D eigenvalue weighted by Gasteiger charge is -2.42. The van der Waals surface area contributed by atoms with Gasteiger partial charge in [-0.05, 0) is 16.7 Å². The van der Waals surface area contributed by atoms with E-state index in [1.54, 1.807) is 4.90 Å². The molecular weight excluding hydrogens is 354 g/mol. The molecule has 0 amide bonds. The summed E-state index contributed by atoms with van der Waals surface area (Å²) in [5.74, 6) is 0.895. The van der Waals surface area contributed by atoms with Gasteiger partial charge in [-0.2, -0.15) is 0 Å². The number of fused-ring (bicyclic) bond motifs is 1. The van der Waals surface area contributed by atoms with Crippen LogP contribution in [0.3, 0.4) is 0 Å². The van der Waals surface area contributed by atoms with Gasteiger partial charge in [-0.15, -0.1) is 0 Å². The van der Waals surface area contributed by atoms with Gasteiger partial charge in [0.15, 0.2) is 0 Å². The molecule has 4 atom stereocenters. The third-order valence-electron chi connectivity index (χ3n) is 7.33. The fourth-order valence-corrected chi connectivity index (χ4v) is 5.85. The molecule has 0 bridgehead atoms. The summed E-state index contributed by atoms with van der Waals surface area (Å²) >= 11 is 0. The molecule has 2 aliphatic heterocycles. The van der Waals surface area contributed by atoms with Crippen molar-refractivity contribution in [2.75, 3.05) is 13.1 Å². The summed E-state index contributed by atoms with van der Waals surface area (Å²) in [7, 11) is 0. The van der Waals surface area contributed by atoms with E-state index in [0.717, 1.165) is 30.5 Å². The molecule has 0 radical (unpaired) electrons. The van der Waals surface area contributed by atoms with E-state index < -0.39 is 5.60 Å². The van der Waals surface area contributed by atoms with Crippen molar-refractivity contribution in [3.8, 4) is 0 Å². The second-order valence-electron chi connectivity index (χ2n) is 8.87. The number of aliphatic hydroxyl groups is 1. The minimum Gasteiger partial charge on any atom is -0.380 e. The molecule has 2 aliphatic rings. The standard InChI is InChI=1S/C27H29NO/c29-27(23-12-6-2-7-13-23,24-14-8-3-9-15-24)25-16-17-28-20-22(18-26(28)19-25)21-10-4-1-5-11-21/h1-15,22,25-26,29H,16-20H2/p+1. The molecule has 0 spiro atoms. The quantitative estimate of drug-likeness (QED) is 0.703. The van der Waals surface area contributed by atoms with Crippen LogP contribution in [0.25, 0.3) is 0 Å². The monoisotopic (exact) mass is 384 g/mol. The lowest BCUT2D eigenvalue weighted by atomic mass is 9.70. The zero-order valence-electron chi connectivity index (χ0n) is 16.9. The number of rotatable bonds is 4. The summed E-state index contributed by atoms with van der Waals surface area (Å²) in [6, 6.07) is 32.2. The highest BCUT2D eigenvalue weighted by molar-refractivity contribution is 5.37. The largest absolute Gasteiger partial charge is 0.380 e. The van der Waals surface area contributed by atoms with Crippen LogP contribution >= 0.6 is 0 Å². The summed E-state index contributed by atoms with van der Waals surface area (Å²) in [5.41, 5.74) is 2.61. The van der Waals surface area contributed by atoms with Crippen LogP contribution in [-0.2, 0) is 5.60 Å². The van der Waals surface area contributed by atoms with Crippen LogP contribution in [-0.4, -0.2) is 24.2 Å². The second-order valence-corrected chi connectivity index (χ2v) is 8.87. The van der Waals surface area contributed by atoms with E-state index in [-0.39, 0.29) is 5.92 Å². The molecule has 148 valence electrons. The van der Waals surface area contributed by atoms with E-state index in [1.807, 2.05) is 36.4 Å². The molecule has 0 aromatic heterocycles. The van der Waals surface area contributed by atoms with E-state index in [0.29, 0.717) is 12.0 Å². The number of piperidine rings is 1. The molecular formula is C27H30NO+. The van der Waals surface area contributed by atoms with Crippen molar-refractivity contribution in [1.82, 2.24) is 0 Å². The van der Waals surface area contributed by atoms with E-state index in [9.17, 15) is 5.11 Å². The van der Waals surface area contributed by atoms with E-state index in [1.165, 1.54) is 18.5 Å². The first-order chi connectivity index (χ1) is 14.2. The first-order valence-corrected chi connectivity index (χ1v) is 11.0. The molecule has 0 saturated carbocycles. The fraction of sp³-hybridized carbons (Fsp3) is 0.333. The van der Waals surface area contributed by atoms with Crippen LogP contribution in [0.1, 0.15) is 41.9 Å². The Bertz CT molecular complexity index is 885. The SMILES string of the molecule is OC(c1ccccc1)(c1ccccc1)C1CC[NH+]2CC(c3ccccc3)CC2C1. The summed E-state index contributed by atoms with van der Waals surface area (Å²) in [6.45, 7) is 2.39. The molecule has 2 heterocycles. The highest BCUT2D eigenvalue weighted by Crippen LogP contribution is 2.42. The van der Waals surface area contributed by atoms with Crippen LogP contribution in [0.15, 0.2) is 91.0 Å². The van der Waals surface area contributed by atoms with Crippen molar-refractivity contribution in [2.45, 2.75) is 36.8 Å². The van der Waals surface area contributed by atoms with Gasteiger partial charge in [0.25, 0.3) is 0 Å². The molecule has 4 unspecified atom stereocenters. The number of benzene rings is 3. The van der Waals surface area contributed by atoms with Gasteiger partial charge in [0, 0.05) is 31.1 Å². The van der Waals surface area contributed by atoms with Gasteiger partial charge in [-0.1, -0.05) is 91.0 Å². The molecule has 2 N–H and O–H groups in total. The molecule has 0 aliphatic carbocycles. The molecule has 3 aromatic rings. The molecule has 2 fully saturated rings. The summed E-state index contributed by atoms with van der Waals surface area (Å²) in [4.78, 5) is 1.73. The van der Waals surface area contributed by atoms with Gasteiger partial charge in [-0.25, -0.2) is 0 Å². The zero-order chi connectivity index (χ0) is 19.7. The first kappa shape index (κ1) is 18.6. The maximum atomic E-state index is 12.2. The number of hydrogen-bond acceptors (Lipinski definition) is 1. The minimum absolute atomic E-state index is 0.246. The van der Waals surface area contributed by atoms with Crippen LogP contribution in [0.4, 0.5) is 0 Å². The third-order valence-corrected chi connectivity index (χ3v) is 7.33. The predicted molar refractivity (Wildman–Crippen MR) is 117 cm³/mol. The number of hydrogen-bond donors (Lipinski definition) is 2. The highest BCUT2D eigenvalue weighted by Gasteiger charge is 2.48. The smallest absolute Gasteiger partial charge is 0.118 e. The Labute approximate surface area is 173 Å². The molecule has 3 aromatic carbocycles. The predicted octanol–water partition coefficient (Wildman–Crippen LogP) is 3.77. The maximum Gasteiger partial charge on any atom is 0.118 e. The van der Waals surface area contributed by atoms with Gasteiger partial charge < -0.3 is 10.0 Å². The van der Waals surface area contributed by atoms with Crippen molar-refractivity contribution in [3.05, 3.63) is 108 Å². The Morgan fingerprint density at radius 3 is 1.86 bits per heavy atom. The fourth-order valence-electron chi connectivity index (χ4n) is 5.85. The highest BCUT2D eigenvalue weighted by atomic mass is 16.3. The van der Waals surface area contributed by atoms with Gasteiger partial charge in [0.1, 0.15) is 5.60 Å². The topological polar surface area (TPSA) is 24.7 Å².